The van der Waals surface area contributed by atoms with E-state index in [0.29, 0.717) is 6.54 Å². The lowest BCUT2D eigenvalue weighted by Crippen LogP contribution is -2.47. The Morgan fingerprint density at radius 2 is 1.68 bits per heavy atom. The molecule has 5 heteroatoms. The van der Waals surface area contributed by atoms with E-state index >= 15 is 0 Å². The Bertz CT molecular complexity index is 596. The maximum atomic E-state index is 13.0. The van der Waals surface area contributed by atoms with Gasteiger partial charge in [0.25, 0.3) is 0 Å². The van der Waals surface area contributed by atoms with E-state index in [1.54, 1.807) is 0 Å². The first-order chi connectivity index (χ1) is 11.7. The lowest BCUT2D eigenvalue weighted by atomic mass is 9.73. The number of rotatable bonds is 4. The number of carbonyl (C=O) groups is 2. The van der Waals surface area contributed by atoms with E-state index < -0.39 is 17.1 Å². The maximum Gasteiger partial charge on any atom is 0.407 e. The van der Waals surface area contributed by atoms with E-state index in [9.17, 15) is 9.59 Å². The number of hydrogen-bond acceptors (Lipinski definition) is 3. The second-order valence-electron chi connectivity index (χ2n) is 8.02. The Labute approximate surface area is 150 Å². The summed E-state index contributed by atoms with van der Waals surface area (Å²) < 4.78 is 5.30. The third-order valence-corrected chi connectivity index (χ3v) is 4.57. The molecule has 25 heavy (non-hydrogen) atoms. The minimum absolute atomic E-state index is 0.0212. The topological polar surface area (TPSA) is 67.4 Å². The van der Waals surface area contributed by atoms with Crippen LogP contribution in [-0.2, 0) is 9.53 Å². The molecule has 1 aliphatic carbocycles. The number of aryl methyl sites for hydroxylation is 1. The van der Waals surface area contributed by atoms with Crippen molar-refractivity contribution >= 4 is 17.7 Å². The Hall–Kier alpha value is -2.04. The molecular formula is C20H30N2O3. The normalized spacial score (nSPS) is 16.8. The van der Waals surface area contributed by atoms with Gasteiger partial charge in [-0.1, -0.05) is 37.0 Å². The van der Waals surface area contributed by atoms with Crippen molar-refractivity contribution in [1.82, 2.24) is 5.32 Å². The number of anilines is 1. The van der Waals surface area contributed by atoms with Crippen molar-refractivity contribution in [3.05, 3.63) is 29.8 Å². The van der Waals surface area contributed by atoms with Crippen molar-refractivity contribution in [2.75, 3.05) is 11.9 Å². The van der Waals surface area contributed by atoms with Gasteiger partial charge in [-0.15, -0.1) is 0 Å². The fourth-order valence-electron chi connectivity index (χ4n) is 3.17. The first-order valence-corrected chi connectivity index (χ1v) is 9.05. The second-order valence-corrected chi connectivity index (χ2v) is 8.02. The average molecular weight is 346 g/mol. The highest BCUT2D eigenvalue weighted by Gasteiger charge is 2.40. The summed E-state index contributed by atoms with van der Waals surface area (Å²) in [5, 5.41) is 5.82. The van der Waals surface area contributed by atoms with Crippen LogP contribution in [0.2, 0.25) is 0 Å². The number of benzene rings is 1. The molecule has 0 radical (unpaired) electrons. The largest absolute Gasteiger partial charge is 0.444 e. The molecule has 0 spiro atoms. The summed E-state index contributed by atoms with van der Waals surface area (Å²) >= 11 is 0. The molecule has 0 heterocycles. The molecule has 5 nitrogen and oxygen atoms in total. The Morgan fingerprint density at radius 1 is 1.08 bits per heavy atom. The van der Waals surface area contributed by atoms with Crippen molar-refractivity contribution < 1.29 is 14.3 Å². The Kier molecular flexibility index (Phi) is 6.09. The summed E-state index contributed by atoms with van der Waals surface area (Å²) in [5.41, 5.74) is 0.823. The minimum Gasteiger partial charge on any atom is -0.444 e. The van der Waals surface area contributed by atoms with Crippen molar-refractivity contribution in [3.63, 3.8) is 0 Å². The highest BCUT2D eigenvalue weighted by atomic mass is 16.6. The zero-order chi connectivity index (χ0) is 18.5. The first kappa shape index (κ1) is 19.3. The van der Waals surface area contributed by atoms with Gasteiger partial charge in [-0.25, -0.2) is 4.79 Å². The molecule has 0 aromatic heterocycles. The molecular weight excluding hydrogens is 316 g/mol. The van der Waals surface area contributed by atoms with Crippen LogP contribution in [0, 0.1) is 12.3 Å². The van der Waals surface area contributed by atoms with Gasteiger partial charge in [0.1, 0.15) is 5.60 Å². The quantitative estimate of drug-likeness (QED) is 0.848. The van der Waals surface area contributed by atoms with Gasteiger partial charge in [0.15, 0.2) is 0 Å². The van der Waals surface area contributed by atoms with Gasteiger partial charge in [-0.2, -0.15) is 0 Å². The molecule has 0 saturated heterocycles. The molecule has 1 fully saturated rings. The summed E-state index contributed by atoms with van der Waals surface area (Å²) in [4.78, 5) is 25.0. The highest BCUT2D eigenvalue weighted by Crippen LogP contribution is 2.37. The molecule has 0 aliphatic heterocycles. The Balaban J connectivity index is 2.04. The molecule has 1 aromatic rings. The van der Waals surface area contributed by atoms with Gasteiger partial charge in [0.2, 0.25) is 5.91 Å². The second kappa shape index (κ2) is 7.89. The summed E-state index contributed by atoms with van der Waals surface area (Å²) in [6.07, 6.45) is 4.21. The predicted molar refractivity (Wildman–Crippen MR) is 99.6 cm³/mol. The van der Waals surface area contributed by atoms with Crippen LogP contribution in [-0.4, -0.2) is 24.1 Å². The average Bonchev–Trinajstić information content (AvgIpc) is 2.54. The third kappa shape index (κ3) is 5.76. The molecule has 138 valence electrons. The number of amides is 2. The maximum absolute atomic E-state index is 13.0. The van der Waals surface area contributed by atoms with Gasteiger partial charge in [0, 0.05) is 12.2 Å². The van der Waals surface area contributed by atoms with Crippen LogP contribution in [0.5, 0.6) is 0 Å². The van der Waals surface area contributed by atoms with E-state index in [0.717, 1.165) is 43.4 Å². The van der Waals surface area contributed by atoms with Crippen LogP contribution >= 0.6 is 0 Å². The monoisotopic (exact) mass is 346 g/mol. The Morgan fingerprint density at radius 3 is 2.24 bits per heavy atom. The summed E-state index contributed by atoms with van der Waals surface area (Å²) in [5.74, 6) is -0.0212. The SMILES string of the molecule is Cc1ccc(NC(=O)C2(CNC(=O)OC(C)(C)C)CCCCC2)cc1. The van der Waals surface area contributed by atoms with Gasteiger partial charge in [-0.05, 0) is 52.7 Å². The van der Waals surface area contributed by atoms with Gasteiger partial charge in [-0.3, -0.25) is 4.79 Å². The number of ether oxygens (including phenoxy) is 1. The van der Waals surface area contributed by atoms with E-state index in [1.807, 2.05) is 52.0 Å². The van der Waals surface area contributed by atoms with Gasteiger partial charge in [0.05, 0.1) is 5.41 Å². The molecule has 2 rings (SSSR count). The van der Waals surface area contributed by atoms with E-state index in [2.05, 4.69) is 10.6 Å². The summed E-state index contributed by atoms with van der Waals surface area (Å²) in [6.45, 7) is 7.80. The molecule has 1 aliphatic rings. The number of nitrogens with one attached hydrogen (secondary N) is 2. The van der Waals surface area contributed by atoms with Crippen LogP contribution in [0.15, 0.2) is 24.3 Å². The molecule has 0 unspecified atom stereocenters. The smallest absolute Gasteiger partial charge is 0.407 e. The predicted octanol–water partition coefficient (Wildman–Crippen LogP) is 4.41. The number of alkyl carbamates (subject to hydrolysis) is 1. The van der Waals surface area contributed by atoms with Crippen molar-refractivity contribution in [2.24, 2.45) is 5.41 Å². The molecule has 1 aromatic carbocycles. The fraction of sp³-hybridized carbons (Fsp3) is 0.600. The van der Waals surface area contributed by atoms with Crippen LogP contribution in [0.25, 0.3) is 0 Å². The van der Waals surface area contributed by atoms with Crippen LogP contribution in [0.1, 0.15) is 58.4 Å². The van der Waals surface area contributed by atoms with E-state index in [1.165, 1.54) is 0 Å². The lowest BCUT2D eigenvalue weighted by molar-refractivity contribution is -0.127. The zero-order valence-electron chi connectivity index (χ0n) is 15.8. The molecule has 0 bridgehead atoms. The van der Waals surface area contributed by atoms with Crippen molar-refractivity contribution in [1.29, 1.82) is 0 Å². The third-order valence-electron chi connectivity index (χ3n) is 4.57. The van der Waals surface area contributed by atoms with Crippen LogP contribution in [0.4, 0.5) is 10.5 Å². The van der Waals surface area contributed by atoms with Crippen molar-refractivity contribution in [3.8, 4) is 0 Å². The van der Waals surface area contributed by atoms with Crippen molar-refractivity contribution in [2.45, 2.75) is 65.4 Å². The minimum atomic E-state index is -0.569. The first-order valence-electron chi connectivity index (χ1n) is 9.05. The molecule has 2 amide bonds. The standard InChI is InChI=1S/C20H30N2O3/c1-15-8-10-16(11-9-15)22-17(23)20(12-6-5-7-13-20)14-21-18(24)25-19(2,3)4/h8-11H,5-7,12-14H2,1-4H3,(H,21,24)(H,22,23). The summed E-state index contributed by atoms with van der Waals surface area (Å²) in [7, 11) is 0. The van der Waals surface area contributed by atoms with Gasteiger partial charge >= 0.3 is 6.09 Å². The highest BCUT2D eigenvalue weighted by molar-refractivity contribution is 5.95. The van der Waals surface area contributed by atoms with E-state index in [-0.39, 0.29) is 5.91 Å². The van der Waals surface area contributed by atoms with Crippen LogP contribution in [0.3, 0.4) is 0 Å². The summed E-state index contributed by atoms with van der Waals surface area (Å²) in [6, 6.07) is 7.76. The van der Waals surface area contributed by atoms with Gasteiger partial charge < -0.3 is 15.4 Å². The molecule has 1 saturated carbocycles. The zero-order valence-corrected chi connectivity index (χ0v) is 15.8. The number of carbonyl (C=O) groups excluding carboxylic acids is 2. The van der Waals surface area contributed by atoms with E-state index in [4.69, 9.17) is 4.74 Å². The molecule has 0 atom stereocenters. The lowest BCUT2D eigenvalue weighted by Gasteiger charge is -2.36. The van der Waals surface area contributed by atoms with Crippen LogP contribution < -0.4 is 10.6 Å². The fourth-order valence-corrected chi connectivity index (χ4v) is 3.17. The number of hydrogen-bond donors (Lipinski definition) is 2. The molecule has 2 N–H and O–H groups in total.